The molecule has 0 aromatic carbocycles. The normalized spacial score (nSPS) is 9.56. The van der Waals surface area contributed by atoms with Crippen LogP contribution in [-0.4, -0.2) is 21.9 Å². The zero-order chi connectivity index (χ0) is 12.3. The number of aromatic nitrogens is 2. The van der Waals surface area contributed by atoms with Crippen LogP contribution in [0.1, 0.15) is 10.5 Å². The van der Waals surface area contributed by atoms with E-state index in [-0.39, 0.29) is 0 Å². The van der Waals surface area contributed by atoms with Crippen molar-refractivity contribution in [3.63, 3.8) is 0 Å². The van der Waals surface area contributed by atoms with Gasteiger partial charge >= 0.3 is 5.97 Å². The number of halogens is 1. The zero-order valence-electron chi connectivity index (χ0n) is 7.85. The highest BCUT2D eigenvalue weighted by Crippen LogP contribution is 2.12. The molecule has 1 rings (SSSR count). The van der Waals surface area contributed by atoms with E-state index in [0.717, 1.165) is 0 Å². The van der Waals surface area contributed by atoms with Crippen LogP contribution in [0.2, 0.25) is 0 Å². The first-order valence-electron chi connectivity index (χ1n) is 3.80. The van der Waals surface area contributed by atoms with Gasteiger partial charge in [-0.05, 0) is 5.16 Å². The first kappa shape index (κ1) is 11.4. The van der Waals surface area contributed by atoms with E-state index < -0.39 is 35.2 Å². The van der Waals surface area contributed by atoms with E-state index >= 15 is 0 Å². The van der Waals surface area contributed by atoms with Gasteiger partial charge in [-0.1, -0.05) is 0 Å². The third kappa shape index (κ3) is 2.43. The maximum Gasteiger partial charge on any atom is 0.388 e. The maximum atomic E-state index is 12.9. The van der Waals surface area contributed by atoms with Crippen molar-refractivity contribution >= 4 is 23.6 Å². The maximum absolute atomic E-state index is 12.9. The van der Waals surface area contributed by atoms with Crippen LogP contribution in [0.15, 0.2) is 5.16 Å². The van der Waals surface area contributed by atoms with Gasteiger partial charge in [0.25, 0.3) is 5.95 Å². The number of hydrogen-bond acceptors (Lipinski definition) is 7. The number of carbonyl (C=O) groups is 1. The molecule has 1 aromatic heterocycles. The molecule has 0 aliphatic heterocycles. The SMILES string of the molecule is NC(N)=NOC(=O)c1nc(F)c(N)nc1N. The Morgan fingerprint density at radius 3 is 2.44 bits per heavy atom. The van der Waals surface area contributed by atoms with Gasteiger partial charge in [0.1, 0.15) is 0 Å². The lowest BCUT2D eigenvalue weighted by atomic mass is 10.4. The fraction of sp³-hybridized carbons (Fsp3) is 0. The minimum absolute atomic E-state index is 0.394. The molecule has 8 N–H and O–H groups in total. The number of rotatable bonds is 2. The van der Waals surface area contributed by atoms with Gasteiger partial charge in [-0.2, -0.15) is 4.39 Å². The molecule has 1 aromatic rings. The molecule has 86 valence electrons. The van der Waals surface area contributed by atoms with E-state index in [1.54, 1.807) is 0 Å². The summed E-state index contributed by atoms with van der Waals surface area (Å²) < 4.78 is 12.9. The van der Waals surface area contributed by atoms with Crippen molar-refractivity contribution in [3.8, 4) is 0 Å². The molecule has 0 saturated heterocycles. The summed E-state index contributed by atoms with van der Waals surface area (Å²) in [5.74, 6) is -3.72. The highest BCUT2D eigenvalue weighted by molar-refractivity contribution is 5.92. The van der Waals surface area contributed by atoms with E-state index in [4.69, 9.17) is 22.9 Å². The molecule has 0 fully saturated rings. The van der Waals surface area contributed by atoms with Crippen molar-refractivity contribution in [2.24, 2.45) is 16.6 Å². The average Bonchev–Trinajstić information content (AvgIpc) is 2.20. The van der Waals surface area contributed by atoms with Gasteiger partial charge < -0.3 is 27.8 Å². The molecular weight excluding hydrogens is 221 g/mol. The van der Waals surface area contributed by atoms with E-state index in [1.165, 1.54) is 0 Å². The molecule has 0 aliphatic carbocycles. The van der Waals surface area contributed by atoms with Crippen LogP contribution >= 0.6 is 0 Å². The second-order valence-corrected chi connectivity index (χ2v) is 2.53. The van der Waals surface area contributed by atoms with Gasteiger partial charge in [-0.15, -0.1) is 0 Å². The fourth-order valence-corrected chi connectivity index (χ4v) is 0.729. The Bertz CT molecular complexity index is 456. The molecule has 10 heteroatoms. The third-order valence-electron chi connectivity index (χ3n) is 1.33. The molecular formula is C6H8FN7O2. The Kier molecular flexibility index (Phi) is 3.03. The molecule has 0 saturated carbocycles. The largest absolute Gasteiger partial charge is 0.388 e. The summed E-state index contributed by atoms with van der Waals surface area (Å²) in [7, 11) is 0. The molecule has 16 heavy (non-hydrogen) atoms. The number of hydrogen-bond donors (Lipinski definition) is 4. The monoisotopic (exact) mass is 229 g/mol. The number of oxime groups is 1. The molecule has 0 bridgehead atoms. The van der Waals surface area contributed by atoms with Crippen molar-refractivity contribution < 1.29 is 14.0 Å². The summed E-state index contributed by atoms with van der Waals surface area (Å²) in [6.45, 7) is 0. The number of nitrogen functional groups attached to an aromatic ring is 2. The van der Waals surface area contributed by atoms with Gasteiger partial charge in [0.05, 0.1) is 0 Å². The topological polar surface area (TPSA) is 169 Å². The van der Waals surface area contributed by atoms with Crippen LogP contribution in [0, 0.1) is 5.95 Å². The summed E-state index contributed by atoms with van der Waals surface area (Å²) in [5.41, 5.74) is 19.6. The van der Waals surface area contributed by atoms with E-state index in [1.807, 2.05) is 0 Å². The zero-order valence-corrected chi connectivity index (χ0v) is 7.85. The van der Waals surface area contributed by atoms with Gasteiger partial charge in [0.15, 0.2) is 17.3 Å². The molecule has 0 unspecified atom stereocenters. The van der Waals surface area contributed by atoms with Crippen LogP contribution in [0.5, 0.6) is 0 Å². The molecule has 0 amide bonds. The quantitative estimate of drug-likeness (QED) is 0.198. The molecule has 0 atom stereocenters. The summed E-state index contributed by atoms with van der Waals surface area (Å²) in [6, 6.07) is 0. The van der Waals surface area contributed by atoms with E-state index in [0.29, 0.717) is 0 Å². The highest BCUT2D eigenvalue weighted by Gasteiger charge is 2.18. The van der Waals surface area contributed by atoms with Crippen molar-refractivity contribution in [1.82, 2.24) is 9.97 Å². The number of guanidine groups is 1. The lowest BCUT2D eigenvalue weighted by Crippen LogP contribution is -2.24. The van der Waals surface area contributed by atoms with Gasteiger partial charge in [-0.25, -0.2) is 14.8 Å². The van der Waals surface area contributed by atoms with Crippen molar-refractivity contribution in [2.45, 2.75) is 0 Å². The Morgan fingerprint density at radius 2 is 1.88 bits per heavy atom. The Labute approximate surface area is 88.3 Å². The predicted molar refractivity (Wildman–Crippen MR) is 52.0 cm³/mol. The lowest BCUT2D eigenvalue weighted by molar-refractivity contribution is 0.0507. The predicted octanol–water partition coefficient (Wildman–Crippen LogP) is -1.87. The first-order valence-corrected chi connectivity index (χ1v) is 3.80. The molecule has 1 heterocycles. The van der Waals surface area contributed by atoms with E-state index in [9.17, 15) is 9.18 Å². The molecule has 0 radical (unpaired) electrons. The van der Waals surface area contributed by atoms with Crippen molar-refractivity contribution in [2.75, 3.05) is 11.5 Å². The molecule has 0 aliphatic rings. The number of carbonyl (C=O) groups excluding carboxylic acids is 1. The van der Waals surface area contributed by atoms with Crippen LogP contribution in [0.4, 0.5) is 16.0 Å². The standard InChI is InChI=1S/C6H8FN7O2/c7-2-4(9)13-3(8)1(12-2)5(15)16-14-6(10)11/h(H4,8,9,13)(H4,10,11,14). The highest BCUT2D eigenvalue weighted by atomic mass is 19.1. The number of nitrogens with zero attached hydrogens (tertiary/aromatic N) is 3. The minimum atomic E-state index is -1.16. The Morgan fingerprint density at radius 1 is 1.25 bits per heavy atom. The minimum Gasteiger partial charge on any atom is -0.382 e. The molecule has 9 nitrogen and oxygen atoms in total. The lowest BCUT2D eigenvalue weighted by Gasteiger charge is -2.02. The first-order chi connectivity index (χ1) is 7.41. The summed E-state index contributed by atoms with van der Waals surface area (Å²) >= 11 is 0. The van der Waals surface area contributed by atoms with Crippen LogP contribution < -0.4 is 22.9 Å². The van der Waals surface area contributed by atoms with Crippen LogP contribution in [-0.2, 0) is 4.84 Å². The summed E-state index contributed by atoms with van der Waals surface area (Å²) in [5, 5.41) is 2.94. The van der Waals surface area contributed by atoms with Crippen LogP contribution in [0.3, 0.4) is 0 Å². The average molecular weight is 229 g/mol. The van der Waals surface area contributed by atoms with Gasteiger partial charge in [-0.3, -0.25) is 0 Å². The number of nitrogens with two attached hydrogens (primary N) is 4. The number of anilines is 2. The second kappa shape index (κ2) is 4.25. The van der Waals surface area contributed by atoms with Crippen molar-refractivity contribution in [3.05, 3.63) is 11.6 Å². The van der Waals surface area contributed by atoms with Crippen molar-refractivity contribution in [1.29, 1.82) is 0 Å². The summed E-state index contributed by atoms with van der Waals surface area (Å²) in [4.78, 5) is 21.9. The summed E-state index contributed by atoms with van der Waals surface area (Å²) in [6.07, 6.45) is 0. The molecule has 0 spiro atoms. The van der Waals surface area contributed by atoms with Gasteiger partial charge in [0.2, 0.25) is 5.96 Å². The Hall–Kier alpha value is -2.65. The fourth-order valence-electron chi connectivity index (χ4n) is 0.729. The second-order valence-electron chi connectivity index (χ2n) is 2.53. The van der Waals surface area contributed by atoms with Crippen LogP contribution in [0.25, 0.3) is 0 Å². The smallest absolute Gasteiger partial charge is 0.382 e. The van der Waals surface area contributed by atoms with E-state index in [2.05, 4.69) is 20.0 Å². The van der Waals surface area contributed by atoms with Gasteiger partial charge in [0, 0.05) is 0 Å². The third-order valence-corrected chi connectivity index (χ3v) is 1.33. The Balaban J connectivity index is 3.00.